The Bertz CT molecular complexity index is 532. The largest absolute Gasteiger partial charge is 0.391 e. The molecule has 1 saturated heterocycles. The van der Waals surface area contributed by atoms with Crippen LogP contribution in [0.1, 0.15) is 25.3 Å². The molecule has 6 heteroatoms. The van der Waals surface area contributed by atoms with Gasteiger partial charge in [0.25, 0.3) is 5.69 Å². The number of nitro groups is 1. The van der Waals surface area contributed by atoms with Crippen molar-refractivity contribution in [3.8, 4) is 0 Å². The van der Waals surface area contributed by atoms with Crippen molar-refractivity contribution in [1.29, 1.82) is 0 Å². The number of rotatable bonds is 4. The molecule has 1 N–H and O–H groups in total. The van der Waals surface area contributed by atoms with Gasteiger partial charge >= 0.3 is 0 Å². The zero-order valence-electron chi connectivity index (χ0n) is 12.1. The number of hydrogen-bond donors (Lipinski definition) is 1. The van der Waals surface area contributed by atoms with Crippen LogP contribution in [0.3, 0.4) is 0 Å². The monoisotopic (exact) mass is 292 g/mol. The van der Waals surface area contributed by atoms with Crippen molar-refractivity contribution in [2.75, 3.05) is 13.1 Å². The van der Waals surface area contributed by atoms with Crippen LogP contribution in [0.4, 0.5) is 5.69 Å². The van der Waals surface area contributed by atoms with E-state index >= 15 is 0 Å². The molecule has 6 nitrogen and oxygen atoms in total. The highest BCUT2D eigenvalue weighted by atomic mass is 16.6. The molecule has 1 aliphatic heterocycles. The Labute approximate surface area is 123 Å². The van der Waals surface area contributed by atoms with Crippen molar-refractivity contribution < 1.29 is 14.8 Å². The number of carbonyl (C=O) groups excluding carboxylic acids is 1. The maximum Gasteiger partial charge on any atom is 0.269 e. The summed E-state index contributed by atoms with van der Waals surface area (Å²) >= 11 is 0. The summed E-state index contributed by atoms with van der Waals surface area (Å²) in [5, 5.41) is 20.5. The molecule has 1 heterocycles. The number of aliphatic hydroxyl groups excluding tert-OH is 1. The van der Waals surface area contributed by atoms with Gasteiger partial charge in [0.2, 0.25) is 5.91 Å². The summed E-state index contributed by atoms with van der Waals surface area (Å²) < 4.78 is 0. The molecule has 1 aliphatic rings. The Hall–Kier alpha value is -1.95. The van der Waals surface area contributed by atoms with E-state index < -0.39 is 11.0 Å². The highest BCUT2D eigenvalue weighted by Gasteiger charge is 2.26. The second-order valence-electron chi connectivity index (χ2n) is 5.60. The summed E-state index contributed by atoms with van der Waals surface area (Å²) in [7, 11) is 0. The number of nitrogens with zero attached hydrogens (tertiary/aromatic N) is 2. The molecule has 0 bridgehead atoms. The van der Waals surface area contributed by atoms with Gasteiger partial charge in [0.15, 0.2) is 0 Å². The van der Waals surface area contributed by atoms with Gasteiger partial charge in [0.05, 0.1) is 11.0 Å². The smallest absolute Gasteiger partial charge is 0.269 e. The predicted octanol–water partition coefficient (Wildman–Crippen LogP) is 1.76. The van der Waals surface area contributed by atoms with Gasteiger partial charge in [-0.2, -0.15) is 0 Å². The SMILES string of the molecule is CC1CCN(C(=O)CCc2cccc([N+](=O)[O-])c2)CC1O. The first kappa shape index (κ1) is 15.4. The van der Waals surface area contributed by atoms with E-state index in [2.05, 4.69) is 0 Å². The lowest BCUT2D eigenvalue weighted by molar-refractivity contribution is -0.384. The van der Waals surface area contributed by atoms with Crippen LogP contribution in [0.5, 0.6) is 0 Å². The molecular weight excluding hydrogens is 272 g/mol. The van der Waals surface area contributed by atoms with E-state index in [0.29, 0.717) is 25.9 Å². The normalized spacial score (nSPS) is 22.1. The molecule has 0 radical (unpaired) electrons. The fraction of sp³-hybridized carbons (Fsp3) is 0.533. The van der Waals surface area contributed by atoms with Crippen LogP contribution in [0, 0.1) is 16.0 Å². The minimum atomic E-state index is -0.458. The average Bonchev–Trinajstić information content (AvgIpc) is 2.48. The first-order valence-corrected chi connectivity index (χ1v) is 7.16. The molecule has 114 valence electrons. The molecule has 2 atom stereocenters. The second-order valence-corrected chi connectivity index (χ2v) is 5.60. The van der Waals surface area contributed by atoms with Crippen LogP contribution >= 0.6 is 0 Å². The summed E-state index contributed by atoms with van der Waals surface area (Å²) in [6.45, 7) is 3.04. The van der Waals surface area contributed by atoms with Crippen molar-refractivity contribution in [3.63, 3.8) is 0 Å². The van der Waals surface area contributed by atoms with E-state index in [1.165, 1.54) is 12.1 Å². The third kappa shape index (κ3) is 4.01. The van der Waals surface area contributed by atoms with Crippen molar-refractivity contribution >= 4 is 11.6 Å². The molecular formula is C15H20N2O4. The third-order valence-electron chi connectivity index (χ3n) is 4.02. The third-order valence-corrected chi connectivity index (χ3v) is 4.02. The van der Waals surface area contributed by atoms with E-state index in [1.807, 2.05) is 6.92 Å². The summed E-state index contributed by atoms with van der Waals surface area (Å²) in [5.41, 5.74) is 0.825. The number of nitro benzene ring substituents is 1. The predicted molar refractivity (Wildman–Crippen MR) is 77.8 cm³/mol. The molecule has 1 fully saturated rings. The van der Waals surface area contributed by atoms with Gasteiger partial charge in [0, 0.05) is 31.6 Å². The van der Waals surface area contributed by atoms with E-state index in [0.717, 1.165) is 12.0 Å². The Morgan fingerprint density at radius 3 is 2.95 bits per heavy atom. The van der Waals surface area contributed by atoms with Crippen LogP contribution < -0.4 is 0 Å². The van der Waals surface area contributed by atoms with Crippen molar-refractivity contribution in [2.45, 2.75) is 32.3 Å². The molecule has 0 aliphatic carbocycles. The first-order chi connectivity index (χ1) is 9.97. The zero-order chi connectivity index (χ0) is 15.4. The molecule has 2 rings (SSSR count). The lowest BCUT2D eigenvalue weighted by Crippen LogP contribution is -2.45. The summed E-state index contributed by atoms with van der Waals surface area (Å²) in [5.74, 6) is 0.221. The Balaban J connectivity index is 1.89. The van der Waals surface area contributed by atoms with Crippen molar-refractivity contribution in [2.24, 2.45) is 5.92 Å². The molecule has 1 aromatic rings. The minimum Gasteiger partial charge on any atom is -0.391 e. The Morgan fingerprint density at radius 2 is 2.29 bits per heavy atom. The number of hydrogen-bond acceptors (Lipinski definition) is 4. The number of aryl methyl sites for hydroxylation is 1. The number of likely N-dealkylation sites (tertiary alicyclic amines) is 1. The highest BCUT2D eigenvalue weighted by molar-refractivity contribution is 5.76. The van der Waals surface area contributed by atoms with Crippen LogP contribution in [-0.2, 0) is 11.2 Å². The number of carbonyl (C=O) groups is 1. The second kappa shape index (κ2) is 6.67. The van der Waals surface area contributed by atoms with Crippen molar-refractivity contribution in [3.05, 3.63) is 39.9 Å². The molecule has 0 saturated carbocycles. The molecule has 1 aromatic carbocycles. The number of non-ortho nitro benzene ring substituents is 1. The van der Waals surface area contributed by atoms with E-state index in [-0.39, 0.29) is 17.5 Å². The molecule has 0 spiro atoms. The zero-order valence-corrected chi connectivity index (χ0v) is 12.1. The lowest BCUT2D eigenvalue weighted by Gasteiger charge is -2.34. The molecule has 1 amide bonds. The topological polar surface area (TPSA) is 83.7 Å². The summed E-state index contributed by atoms with van der Waals surface area (Å²) in [6, 6.07) is 6.35. The van der Waals surface area contributed by atoms with Crippen LogP contribution in [0.2, 0.25) is 0 Å². The van der Waals surface area contributed by atoms with Gasteiger partial charge in [0.1, 0.15) is 0 Å². The molecule has 2 unspecified atom stereocenters. The Morgan fingerprint density at radius 1 is 1.52 bits per heavy atom. The van der Waals surface area contributed by atoms with Crippen molar-refractivity contribution in [1.82, 2.24) is 4.90 Å². The van der Waals surface area contributed by atoms with E-state index in [9.17, 15) is 20.0 Å². The van der Waals surface area contributed by atoms with Crippen LogP contribution in [0.15, 0.2) is 24.3 Å². The van der Waals surface area contributed by atoms with Gasteiger partial charge in [-0.15, -0.1) is 0 Å². The summed E-state index contributed by atoms with van der Waals surface area (Å²) in [4.78, 5) is 24.1. The van der Waals surface area contributed by atoms with Gasteiger partial charge in [-0.25, -0.2) is 0 Å². The maximum absolute atomic E-state index is 12.1. The quantitative estimate of drug-likeness (QED) is 0.677. The minimum absolute atomic E-state index is 0.00699. The molecule has 0 aromatic heterocycles. The number of aliphatic hydroxyl groups is 1. The number of amides is 1. The number of piperidine rings is 1. The summed E-state index contributed by atoms with van der Waals surface area (Å²) in [6.07, 6.45) is 1.13. The van der Waals surface area contributed by atoms with Gasteiger partial charge in [-0.1, -0.05) is 19.1 Å². The standard InChI is InChI=1S/C15H20N2O4/c1-11-7-8-16(10-14(11)18)15(19)6-5-12-3-2-4-13(9-12)17(20)21/h2-4,9,11,14,18H,5-8,10H2,1H3. The average molecular weight is 292 g/mol. The number of β-amino-alcohol motifs (C(OH)–C–C–N with tert-alkyl or cyclic N) is 1. The van der Waals surface area contributed by atoms with E-state index in [1.54, 1.807) is 17.0 Å². The maximum atomic E-state index is 12.1. The lowest BCUT2D eigenvalue weighted by atomic mass is 9.95. The first-order valence-electron chi connectivity index (χ1n) is 7.16. The van der Waals surface area contributed by atoms with Gasteiger partial charge in [-0.3, -0.25) is 14.9 Å². The van der Waals surface area contributed by atoms with E-state index in [4.69, 9.17) is 0 Å². The van der Waals surface area contributed by atoms with Crippen LogP contribution in [0.25, 0.3) is 0 Å². The Kier molecular flexibility index (Phi) is 4.90. The highest BCUT2D eigenvalue weighted by Crippen LogP contribution is 2.19. The fourth-order valence-corrected chi connectivity index (χ4v) is 2.51. The molecule has 21 heavy (non-hydrogen) atoms. The number of benzene rings is 1. The van der Waals surface area contributed by atoms with Gasteiger partial charge in [-0.05, 0) is 24.3 Å². The fourth-order valence-electron chi connectivity index (χ4n) is 2.51. The van der Waals surface area contributed by atoms with Gasteiger partial charge < -0.3 is 10.0 Å². The van der Waals surface area contributed by atoms with Crippen LogP contribution in [-0.4, -0.2) is 40.0 Å².